The van der Waals surface area contributed by atoms with Gasteiger partial charge < -0.3 is 9.47 Å². The maximum atomic E-state index is 11.8. The summed E-state index contributed by atoms with van der Waals surface area (Å²) >= 11 is 7.43. The van der Waals surface area contributed by atoms with E-state index in [1.54, 1.807) is 35.1 Å². The molecule has 0 spiro atoms. The van der Waals surface area contributed by atoms with Gasteiger partial charge in [-0.15, -0.1) is 11.3 Å². The Labute approximate surface area is 147 Å². The minimum atomic E-state index is -0.481. The molecule has 0 fully saturated rings. The first-order valence-corrected chi connectivity index (χ1v) is 8.34. The standard InChI is InChI=1S/C16H14ClN3O3S/c1-20-7-11(6-18-20)16-19-12(10-24-16)8-23-15(21)9-22-14-5-3-2-4-13(14)17/h2-7,10H,8-9H2,1H3. The first-order valence-electron chi connectivity index (χ1n) is 7.08. The number of esters is 1. The monoisotopic (exact) mass is 363 g/mol. The molecule has 24 heavy (non-hydrogen) atoms. The first-order chi connectivity index (χ1) is 11.6. The minimum absolute atomic E-state index is 0.0987. The Morgan fingerprint density at radius 1 is 1.38 bits per heavy atom. The number of para-hydroxylation sites is 1. The zero-order valence-corrected chi connectivity index (χ0v) is 14.4. The van der Waals surface area contributed by atoms with Gasteiger partial charge >= 0.3 is 5.97 Å². The van der Waals surface area contributed by atoms with Crippen LogP contribution in [0.2, 0.25) is 5.02 Å². The Morgan fingerprint density at radius 2 is 2.21 bits per heavy atom. The largest absolute Gasteiger partial charge is 0.480 e. The molecule has 0 unspecified atom stereocenters. The number of nitrogens with zero attached hydrogens (tertiary/aromatic N) is 3. The number of thiazole rings is 1. The number of aromatic nitrogens is 3. The zero-order valence-electron chi connectivity index (χ0n) is 12.8. The fourth-order valence-electron chi connectivity index (χ4n) is 1.93. The molecule has 0 aliphatic heterocycles. The van der Waals surface area contributed by atoms with E-state index < -0.39 is 5.97 Å². The molecule has 0 bridgehead atoms. The Hall–Kier alpha value is -2.38. The van der Waals surface area contributed by atoms with Crippen LogP contribution in [0.4, 0.5) is 0 Å². The summed E-state index contributed by atoms with van der Waals surface area (Å²) in [7, 11) is 1.85. The summed E-state index contributed by atoms with van der Waals surface area (Å²) in [5, 5.41) is 7.24. The first kappa shape index (κ1) is 16.5. The molecular formula is C16H14ClN3O3S. The molecule has 2 aromatic heterocycles. The second-order valence-corrected chi connectivity index (χ2v) is 6.19. The normalized spacial score (nSPS) is 10.6. The van der Waals surface area contributed by atoms with Crippen LogP contribution in [-0.2, 0) is 23.2 Å². The van der Waals surface area contributed by atoms with E-state index in [1.165, 1.54) is 11.3 Å². The van der Waals surface area contributed by atoms with Gasteiger partial charge in [0.15, 0.2) is 6.61 Å². The van der Waals surface area contributed by atoms with Crippen molar-refractivity contribution in [2.75, 3.05) is 6.61 Å². The van der Waals surface area contributed by atoms with Crippen LogP contribution >= 0.6 is 22.9 Å². The number of hydrogen-bond acceptors (Lipinski definition) is 6. The highest BCUT2D eigenvalue weighted by Crippen LogP contribution is 2.24. The van der Waals surface area contributed by atoms with Crippen molar-refractivity contribution in [1.82, 2.24) is 14.8 Å². The van der Waals surface area contributed by atoms with Crippen molar-refractivity contribution >= 4 is 28.9 Å². The molecule has 8 heteroatoms. The number of hydrogen-bond donors (Lipinski definition) is 0. The van der Waals surface area contributed by atoms with Crippen LogP contribution < -0.4 is 4.74 Å². The van der Waals surface area contributed by atoms with Gasteiger partial charge in [-0.1, -0.05) is 23.7 Å². The third kappa shape index (κ3) is 4.12. The van der Waals surface area contributed by atoms with Crippen molar-refractivity contribution in [1.29, 1.82) is 0 Å². The van der Waals surface area contributed by atoms with Crippen molar-refractivity contribution in [2.45, 2.75) is 6.61 Å². The molecule has 1 aromatic carbocycles. The van der Waals surface area contributed by atoms with Crippen molar-refractivity contribution in [3.8, 4) is 16.3 Å². The van der Waals surface area contributed by atoms with Crippen LogP contribution in [0.25, 0.3) is 10.6 Å². The summed E-state index contributed by atoms with van der Waals surface area (Å²) in [6.45, 7) is -0.106. The van der Waals surface area contributed by atoms with E-state index in [0.717, 1.165) is 10.6 Å². The number of benzene rings is 1. The molecule has 2 heterocycles. The molecule has 3 rings (SSSR count). The summed E-state index contributed by atoms with van der Waals surface area (Å²) in [6.07, 6.45) is 3.62. The summed E-state index contributed by atoms with van der Waals surface area (Å²) in [6, 6.07) is 6.95. The van der Waals surface area contributed by atoms with Crippen LogP contribution in [0.15, 0.2) is 42.0 Å². The third-order valence-electron chi connectivity index (χ3n) is 3.07. The molecular weight excluding hydrogens is 350 g/mol. The van der Waals surface area contributed by atoms with Crippen molar-refractivity contribution < 1.29 is 14.3 Å². The van der Waals surface area contributed by atoms with Crippen molar-refractivity contribution in [3.63, 3.8) is 0 Å². The van der Waals surface area contributed by atoms with Crippen molar-refractivity contribution in [3.05, 3.63) is 52.8 Å². The molecule has 0 aliphatic carbocycles. The quantitative estimate of drug-likeness (QED) is 0.628. The van der Waals surface area contributed by atoms with Crippen LogP contribution in [-0.4, -0.2) is 27.3 Å². The highest BCUT2D eigenvalue weighted by molar-refractivity contribution is 7.13. The lowest BCUT2D eigenvalue weighted by Crippen LogP contribution is -2.15. The zero-order chi connectivity index (χ0) is 16.9. The Kier molecular flexibility index (Phi) is 5.12. The van der Waals surface area contributed by atoms with Gasteiger partial charge in [0.05, 0.1) is 16.9 Å². The lowest BCUT2D eigenvalue weighted by Gasteiger charge is -2.07. The van der Waals surface area contributed by atoms with E-state index in [4.69, 9.17) is 21.1 Å². The second kappa shape index (κ2) is 7.46. The van der Waals surface area contributed by atoms with Gasteiger partial charge in [0.2, 0.25) is 0 Å². The van der Waals surface area contributed by atoms with Crippen molar-refractivity contribution in [2.24, 2.45) is 7.05 Å². The van der Waals surface area contributed by atoms with Gasteiger partial charge in [0, 0.05) is 24.2 Å². The third-order valence-corrected chi connectivity index (χ3v) is 4.32. The lowest BCUT2D eigenvalue weighted by molar-refractivity contribution is -0.147. The topological polar surface area (TPSA) is 66.2 Å². The molecule has 0 aliphatic rings. The highest BCUT2D eigenvalue weighted by Gasteiger charge is 2.10. The van der Waals surface area contributed by atoms with Crippen LogP contribution in [0.3, 0.4) is 0 Å². The van der Waals surface area contributed by atoms with E-state index in [1.807, 2.05) is 18.6 Å². The average Bonchev–Trinajstić information content (AvgIpc) is 3.21. The summed E-state index contributed by atoms with van der Waals surface area (Å²) in [5.74, 6) is -0.0329. The smallest absolute Gasteiger partial charge is 0.344 e. The molecule has 3 aromatic rings. The molecule has 0 radical (unpaired) electrons. The predicted octanol–water partition coefficient (Wildman–Crippen LogP) is 3.32. The number of halogens is 1. The van der Waals surface area contributed by atoms with Gasteiger partial charge in [-0.25, -0.2) is 9.78 Å². The number of carbonyl (C=O) groups is 1. The van der Waals surface area contributed by atoms with Gasteiger partial charge in [-0.2, -0.15) is 5.10 Å². The number of ether oxygens (including phenoxy) is 2. The lowest BCUT2D eigenvalue weighted by atomic mass is 10.3. The second-order valence-electron chi connectivity index (χ2n) is 4.93. The molecule has 0 N–H and O–H groups in total. The Morgan fingerprint density at radius 3 is 2.96 bits per heavy atom. The summed E-state index contributed by atoms with van der Waals surface area (Å²) in [4.78, 5) is 16.2. The summed E-state index contributed by atoms with van der Waals surface area (Å²) in [5.41, 5.74) is 1.62. The van der Waals surface area contributed by atoms with Crippen LogP contribution in [0.1, 0.15) is 5.69 Å². The highest BCUT2D eigenvalue weighted by atomic mass is 35.5. The van der Waals surface area contributed by atoms with E-state index in [9.17, 15) is 4.79 Å². The Bertz CT molecular complexity index is 846. The van der Waals surface area contributed by atoms with Gasteiger partial charge in [-0.05, 0) is 12.1 Å². The van der Waals surface area contributed by atoms with Crippen LogP contribution in [0, 0.1) is 0 Å². The maximum absolute atomic E-state index is 11.8. The number of rotatable bonds is 6. The molecule has 0 saturated carbocycles. The predicted molar refractivity (Wildman–Crippen MR) is 91.1 cm³/mol. The average molecular weight is 364 g/mol. The molecule has 0 atom stereocenters. The maximum Gasteiger partial charge on any atom is 0.344 e. The molecule has 6 nitrogen and oxygen atoms in total. The number of aryl methyl sites for hydroxylation is 1. The SMILES string of the molecule is Cn1cc(-c2nc(COC(=O)COc3ccccc3Cl)cs2)cn1. The molecule has 0 saturated heterocycles. The molecule has 124 valence electrons. The van der Waals surface area contributed by atoms with Crippen LogP contribution in [0.5, 0.6) is 5.75 Å². The minimum Gasteiger partial charge on any atom is -0.480 e. The van der Waals surface area contributed by atoms with Gasteiger partial charge in [0.25, 0.3) is 0 Å². The van der Waals surface area contributed by atoms with Gasteiger partial charge in [-0.3, -0.25) is 4.68 Å². The van der Waals surface area contributed by atoms with Gasteiger partial charge in [0.1, 0.15) is 17.4 Å². The fraction of sp³-hybridized carbons (Fsp3) is 0.188. The number of carbonyl (C=O) groups excluding carboxylic acids is 1. The molecule has 0 amide bonds. The van der Waals surface area contributed by atoms with E-state index in [0.29, 0.717) is 16.5 Å². The fourth-order valence-corrected chi connectivity index (χ4v) is 2.90. The summed E-state index contributed by atoms with van der Waals surface area (Å²) < 4.78 is 12.2. The van der Waals surface area contributed by atoms with E-state index in [-0.39, 0.29) is 13.2 Å². The van der Waals surface area contributed by atoms with E-state index >= 15 is 0 Å². The van der Waals surface area contributed by atoms with E-state index in [2.05, 4.69) is 10.1 Å². The Balaban J connectivity index is 1.50.